The molecule has 302 valence electrons. The highest BCUT2D eigenvalue weighted by molar-refractivity contribution is 6.28. The third kappa shape index (κ3) is 5.30. The highest BCUT2D eigenvalue weighted by Crippen LogP contribution is 2.57. The van der Waals surface area contributed by atoms with E-state index in [4.69, 9.17) is 19.4 Å². The Labute approximate surface area is 373 Å². The van der Waals surface area contributed by atoms with Gasteiger partial charge >= 0.3 is 0 Å². The Morgan fingerprint density at radius 3 is 1.80 bits per heavy atom. The molecule has 10 aromatic carbocycles. The van der Waals surface area contributed by atoms with E-state index >= 15 is 0 Å². The first kappa shape index (κ1) is 35.9. The highest BCUT2D eigenvalue weighted by atomic mass is 16.3. The fraction of sp³-hybridized carbons (Fsp3) is 0.0167. The predicted octanol–water partition coefficient (Wildman–Crippen LogP) is 15.3. The smallest absolute Gasteiger partial charge is 0.164 e. The number of hydrogen-bond acceptors (Lipinski definition) is 4. The summed E-state index contributed by atoms with van der Waals surface area (Å²) in [5.41, 5.74) is 14.3. The number of benzene rings is 10. The molecule has 1 aliphatic rings. The third-order valence-electron chi connectivity index (χ3n) is 13.5. The van der Waals surface area contributed by atoms with Crippen LogP contribution in [0.5, 0.6) is 0 Å². The molecule has 0 N–H and O–H groups in total. The lowest BCUT2D eigenvalue weighted by atomic mass is 9.86. The van der Waals surface area contributed by atoms with Gasteiger partial charge in [0, 0.05) is 55.9 Å². The van der Waals surface area contributed by atoms with E-state index in [1.54, 1.807) is 0 Å². The minimum absolute atomic E-state index is 0.0142. The zero-order chi connectivity index (χ0) is 42.6. The average Bonchev–Trinajstić information content (AvgIpc) is 4.05. The zero-order valence-corrected chi connectivity index (χ0v) is 35.0. The molecule has 0 saturated carbocycles. The van der Waals surface area contributed by atoms with Crippen molar-refractivity contribution in [1.82, 2.24) is 19.5 Å². The van der Waals surface area contributed by atoms with Crippen LogP contribution in [-0.4, -0.2) is 19.5 Å². The summed E-state index contributed by atoms with van der Waals surface area (Å²) in [5.74, 6) is 1.85. The molecule has 1 atom stereocenters. The first-order valence-corrected chi connectivity index (χ1v) is 22.1. The van der Waals surface area contributed by atoms with Gasteiger partial charge in [-0.1, -0.05) is 182 Å². The van der Waals surface area contributed by atoms with E-state index in [-0.39, 0.29) is 5.92 Å². The summed E-state index contributed by atoms with van der Waals surface area (Å²) in [6, 6.07) is 75.6. The molecule has 65 heavy (non-hydrogen) atoms. The maximum absolute atomic E-state index is 6.87. The molecule has 1 unspecified atom stereocenters. The van der Waals surface area contributed by atoms with Crippen LogP contribution in [-0.2, 0) is 0 Å². The van der Waals surface area contributed by atoms with Crippen LogP contribution in [0, 0.1) is 0 Å². The second-order valence-electron chi connectivity index (χ2n) is 17.0. The molecule has 0 fully saturated rings. The van der Waals surface area contributed by atoms with Gasteiger partial charge in [0.25, 0.3) is 0 Å². The summed E-state index contributed by atoms with van der Waals surface area (Å²) >= 11 is 0. The van der Waals surface area contributed by atoms with E-state index in [2.05, 4.69) is 144 Å². The molecule has 13 aromatic rings. The zero-order valence-electron chi connectivity index (χ0n) is 35.0. The molecule has 0 amide bonds. The van der Waals surface area contributed by atoms with Gasteiger partial charge in [0.15, 0.2) is 17.5 Å². The van der Waals surface area contributed by atoms with Crippen molar-refractivity contribution in [2.45, 2.75) is 5.92 Å². The van der Waals surface area contributed by atoms with Gasteiger partial charge in [-0.2, -0.15) is 0 Å². The molecule has 5 nitrogen and oxygen atoms in total. The Morgan fingerprint density at radius 1 is 0.415 bits per heavy atom. The SMILES string of the molecule is c1ccc(-c2nc(-c3ccccc3)nc(-c3cccc4oc5cc(-n6c7ccccc7c7c8ccccc8c8c(c76)C(c6ccccc6)c6ccc7ccccc7c6-8)ccc5c34)n2)cc1. The average molecular weight is 829 g/mol. The number of furan rings is 1. The normalized spacial score (nSPS) is 13.4. The van der Waals surface area contributed by atoms with Crippen molar-refractivity contribution in [1.29, 1.82) is 0 Å². The van der Waals surface area contributed by atoms with Gasteiger partial charge in [0.2, 0.25) is 0 Å². The van der Waals surface area contributed by atoms with Crippen molar-refractivity contribution >= 4 is 65.3 Å². The number of hydrogen-bond donors (Lipinski definition) is 0. The maximum atomic E-state index is 6.87. The van der Waals surface area contributed by atoms with Crippen LogP contribution in [0.2, 0.25) is 0 Å². The van der Waals surface area contributed by atoms with Crippen molar-refractivity contribution in [3.63, 3.8) is 0 Å². The van der Waals surface area contributed by atoms with Gasteiger partial charge in [-0.15, -0.1) is 0 Å². The van der Waals surface area contributed by atoms with Gasteiger partial charge in [0.05, 0.1) is 11.0 Å². The molecule has 3 aromatic heterocycles. The molecule has 0 spiro atoms. The lowest BCUT2D eigenvalue weighted by molar-refractivity contribution is 0.668. The molecule has 0 aliphatic heterocycles. The van der Waals surface area contributed by atoms with Crippen molar-refractivity contribution in [3.8, 4) is 51.0 Å². The quantitative estimate of drug-likeness (QED) is 0.173. The Hall–Kier alpha value is -8.67. The summed E-state index contributed by atoms with van der Waals surface area (Å²) in [4.78, 5) is 15.2. The van der Waals surface area contributed by atoms with Crippen molar-refractivity contribution in [2.75, 3.05) is 0 Å². The number of para-hydroxylation sites is 1. The standard InChI is InChI=1S/C60H36N4O/c1-4-18-37(19-5-1)51-46-33-31-36-17-10-11-24-41(36)53(46)55-43-26-13-12-25-42(43)54-44-27-14-15-29-48(44)64(57(54)56(51)55)40-32-34-45-50(35-40)65-49-30-16-28-47(52(45)49)60-62-58(38-20-6-2-7-21-38)61-59(63-60)39-22-8-3-9-23-39/h1-35,51H. The molecule has 14 rings (SSSR count). The number of fused-ring (bicyclic) bond motifs is 15. The molecule has 0 bridgehead atoms. The van der Waals surface area contributed by atoms with Crippen LogP contribution in [0.1, 0.15) is 22.6 Å². The van der Waals surface area contributed by atoms with Crippen LogP contribution in [0.15, 0.2) is 217 Å². The molecule has 0 saturated heterocycles. The van der Waals surface area contributed by atoms with Crippen LogP contribution in [0.3, 0.4) is 0 Å². The van der Waals surface area contributed by atoms with Gasteiger partial charge < -0.3 is 8.98 Å². The van der Waals surface area contributed by atoms with E-state index in [1.807, 2.05) is 72.8 Å². The monoisotopic (exact) mass is 828 g/mol. The van der Waals surface area contributed by atoms with Gasteiger partial charge in [-0.25, -0.2) is 15.0 Å². The minimum atomic E-state index is 0.0142. The molecule has 3 heterocycles. The minimum Gasteiger partial charge on any atom is -0.456 e. The van der Waals surface area contributed by atoms with E-state index in [9.17, 15) is 0 Å². The Morgan fingerprint density at radius 2 is 1.05 bits per heavy atom. The summed E-state index contributed by atoms with van der Waals surface area (Å²) in [5, 5.41) is 9.51. The van der Waals surface area contributed by atoms with E-state index < -0.39 is 0 Å². The largest absolute Gasteiger partial charge is 0.456 e. The van der Waals surface area contributed by atoms with E-state index in [0.717, 1.165) is 49.8 Å². The Bertz CT molecular complexity index is 4000. The first-order chi connectivity index (χ1) is 32.3. The molecular weight excluding hydrogens is 793 g/mol. The summed E-state index contributed by atoms with van der Waals surface area (Å²) < 4.78 is 9.37. The first-order valence-electron chi connectivity index (χ1n) is 22.1. The van der Waals surface area contributed by atoms with Gasteiger partial charge in [-0.3, -0.25) is 0 Å². The van der Waals surface area contributed by atoms with E-state index in [1.165, 1.54) is 65.7 Å². The van der Waals surface area contributed by atoms with E-state index in [0.29, 0.717) is 17.5 Å². The van der Waals surface area contributed by atoms with Crippen molar-refractivity contribution < 1.29 is 4.42 Å². The lowest BCUT2D eigenvalue weighted by Gasteiger charge is -2.19. The van der Waals surface area contributed by atoms with Crippen LogP contribution >= 0.6 is 0 Å². The highest BCUT2D eigenvalue weighted by Gasteiger charge is 2.37. The van der Waals surface area contributed by atoms with Crippen LogP contribution in [0.4, 0.5) is 0 Å². The van der Waals surface area contributed by atoms with Crippen molar-refractivity contribution in [3.05, 3.63) is 229 Å². The predicted molar refractivity (Wildman–Crippen MR) is 266 cm³/mol. The Balaban J connectivity index is 1.05. The fourth-order valence-corrected chi connectivity index (χ4v) is 10.8. The number of aromatic nitrogens is 4. The third-order valence-corrected chi connectivity index (χ3v) is 13.5. The molecule has 5 heteroatoms. The molecular formula is C60H36N4O. The number of nitrogens with zero attached hydrogens (tertiary/aromatic N) is 4. The van der Waals surface area contributed by atoms with Crippen molar-refractivity contribution in [2.24, 2.45) is 0 Å². The lowest BCUT2D eigenvalue weighted by Crippen LogP contribution is -2.03. The summed E-state index contributed by atoms with van der Waals surface area (Å²) in [6.07, 6.45) is 0. The summed E-state index contributed by atoms with van der Waals surface area (Å²) in [6.45, 7) is 0. The molecule has 1 aliphatic carbocycles. The number of rotatable bonds is 5. The van der Waals surface area contributed by atoms with Gasteiger partial charge in [0.1, 0.15) is 11.2 Å². The van der Waals surface area contributed by atoms with Crippen LogP contribution in [0.25, 0.3) is 116 Å². The topological polar surface area (TPSA) is 56.7 Å². The van der Waals surface area contributed by atoms with Gasteiger partial charge in [-0.05, 0) is 73.6 Å². The fourth-order valence-electron chi connectivity index (χ4n) is 10.8. The van der Waals surface area contributed by atoms with Crippen LogP contribution < -0.4 is 0 Å². The second-order valence-corrected chi connectivity index (χ2v) is 17.0. The molecule has 0 radical (unpaired) electrons. The second kappa shape index (κ2) is 13.9. The summed E-state index contributed by atoms with van der Waals surface area (Å²) in [7, 11) is 0. The maximum Gasteiger partial charge on any atom is 0.164 e. The Kier molecular flexibility index (Phi) is 7.68.